The Morgan fingerprint density at radius 3 is 2.40 bits per heavy atom. The molecule has 2 atom stereocenters. The number of rotatable bonds is 1. The molecule has 3 aliphatic heterocycles. The van der Waals surface area contributed by atoms with E-state index in [1.54, 1.807) is 0 Å². The Morgan fingerprint density at radius 2 is 1.60 bits per heavy atom. The Morgan fingerprint density at radius 1 is 0.867 bits per heavy atom. The van der Waals surface area contributed by atoms with Crippen LogP contribution < -0.4 is 10.4 Å². The Bertz CT molecular complexity index is 1130. The van der Waals surface area contributed by atoms with Crippen molar-refractivity contribution in [3.8, 4) is 11.1 Å². The van der Waals surface area contributed by atoms with Gasteiger partial charge in [0.2, 0.25) is 0 Å². The first-order chi connectivity index (χ1) is 14.4. The van der Waals surface area contributed by atoms with Crippen molar-refractivity contribution in [2.75, 3.05) is 4.90 Å². The summed E-state index contributed by atoms with van der Waals surface area (Å²) in [4.78, 5) is 7.51. The molecule has 0 amide bonds. The zero-order chi connectivity index (χ0) is 20.7. The van der Waals surface area contributed by atoms with Gasteiger partial charge < -0.3 is 14.2 Å². The second kappa shape index (κ2) is 5.96. The van der Waals surface area contributed by atoms with Crippen LogP contribution in [0.5, 0.6) is 0 Å². The maximum absolute atomic E-state index is 6.32. The molecule has 1 fully saturated rings. The molecule has 2 aromatic carbocycles. The minimum atomic E-state index is -0.380. The van der Waals surface area contributed by atoms with Gasteiger partial charge in [0.25, 0.3) is 0 Å². The zero-order valence-electron chi connectivity index (χ0n) is 17.8. The summed E-state index contributed by atoms with van der Waals surface area (Å²) in [5.74, 6) is 1.04. The molecule has 3 heterocycles. The molecule has 150 valence electrons. The van der Waals surface area contributed by atoms with Crippen LogP contribution in [0.3, 0.4) is 0 Å². The molecule has 0 saturated carbocycles. The molecule has 2 unspecified atom stereocenters. The van der Waals surface area contributed by atoms with E-state index in [0.717, 1.165) is 16.9 Å². The smallest absolute Gasteiger partial charge is 0.399 e. The third-order valence-electron chi connectivity index (χ3n) is 7.14. The SMILES string of the molecule is CC1(C)OB(c2ccc3c(c2)C2=NC4C=CC=CC4N2c2ccccc2-3)OC1(C)C. The highest BCUT2D eigenvalue weighted by Gasteiger charge is 2.52. The molecule has 0 aromatic heterocycles. The lowest BCUT2D eigenvalue weighted by Gasteiger charge is -2.35. The molecule has 0 bridgehead atoms. The standard InChI is InChI=1S/C25H25BN2O2/c1-24(2)25(3,4)30-26(29-24)16-13-14-17-18-9-5-7-11-21(18)28-22-12-8-6-10-20(22)27-23(28)19(17)15-16/h5-15,20,22H,1-4H3. The van der Waals surface area contributed by atoms with Crippen molar-refractivity contribution in [2.45, 2.75) is 51.0 Å². The number of nitrogens with zero attached hydrogens (tertiary/aromatic N) is 2. The first-order valence-corrected chi connectivity index (χ1v) is 10.7. The van der Waals surface area contributed by atoms with E-state index in [-0.39, 0.29) is 30.4 Å². The van der Waals surface area contributed by atoms with Gasteiger partial charge in [-0.05, 0) is 44.8 Å². The quantitative estimate of drug-likeness (QED) is 0.681. The summed E-state index contributed by atoms with van der Waals surface area (Å²) in [7, 11) is -0.380. The zero-order valence-corrected chi connectivity index (χ0v) is 17.8. The van der Waals surface area contributed by atoms with Gasteiger partial charge in [-0.1, -0.05) is 60.7 Å². The molecular formula is C25H25BN2O2. The lowest BCUT2D eigenvalue weighted by atomic mass is 9.76. The third kappa shape index (κ3) is 2.39. The minimum absolute atomic E-state index is 0.143. The summed E-state index contributed by atoms with van der Waals surface area (Å²) in [6.07, 6.45) is 8.66. The fourth-order valence-corrected chi connectivity index (χ4v) is 4.78. The van der Waals surface area contributed by atoms with Gasteiger partial charge in [-0.25, -0.2) is 0 Å². The molecular weight excluding hydrogens is 371 g/mol. The monoisotopic (exact) mass is 396 g/mol. The summed E-state index contributed by atoms with van der Waals surface area (Å²) in [6.45, 7) is 8.36. The summed E-state index contributed by atoms with van der Waals surface area (Å²) >= 11 is 0. The fraction of sp³-hybridized carbons (Fsp3) is 0.320. The normalized spacial score (nSPS) is 26.7. The molecule has 2 aromatic rings. The van der Waals surface area contributed by atoms with Crippen LogP contribution in [0.4, 0.5) is 5.69 Å². The number of fused-ring (bicyclic) bond motifs is 8. The second-order valence-electron chi connectivity index (χ2n) is 9.48. The first kappa shape index (κ1) is 18.2. The van der Waals surface area contributed by atoms with Gasteiger partial charge in [0.05, 0.1) is 29.0 Å². The van der Waals surface area contributed by atoms with E-state index >= 15 is 0 Å². The number of hydrogen-bond donors (Lipinski definition) is 0. The molecule has 1 saturated heterocycles. The Balaban J connectivity index is 1.50. The second-order valence-corrected chi connectivity index (χ2v) is 9.48. The molecule has 0 N–H and O–H groups in total. The van der Waals surface area contributed by atoms with Gasteiger partial charge in [0, 0.05) is 11.1 Å². The maximum Gasteiger partial charge on any atom is 0.494 e. The number of amidine groups is 1. The van der Waals surface area contributed by atoms with Gasteiger partial charge in [-0.15, -0.1) is 0 Å². The molecule has 0 radical (unpaired) electrons. The van der Waals surface area contributed by atoms with Crippen LogP contribution in [0.2, 0.25) is 0 Å². The maximum atomic E-state index is 6.32. The number of hydrogen-bond acceptors (Lipinski definition) is 4. The molecule has 4 nitrogen and oxygen atoms in total. The summed E-state index contributed by atoms with van der Waals surface area (Å²) in [5.41, 5.74) is 5.15. The van der Waals surface area contributed by atoms with E-state index in [2.05, 4.69) is 99.4 Å². The molecule has 30 heavy (non-hydrogen) atoms. The van der Waals surface area contributed by atoms with Crippen molar-refractivity contribution in [2.24, 2.45) is 4.99 Å². The molecule has 0 spiro atoms. The highest BCUT2D eigenvalue weighted by atomic mass is 16.7. The van der Waals surface area contributed by atoms with Crippen LogP contribution in [-0.4, -0.2) is 36.2 Å². The Kier molecular flexibility index (Phi) is 3.61. The van der Waals surface area contributed by atoms with Crippen molar-refractivity contribution in [1.29, 1.82) is 0 Å². The molecule has 5 heteroatoms. The average Bonchev–Trinajstić information content (AvgIpc) is 3.22. The van der Waals surface area contributed by atoms with Crippen molar-refractivity contribution in [1.82, 2.24) is 0 Å². The highest BCUT2D eigenvalue weighted by molar-refractivity contribution is 6.62. The van der Waals surface area contributed by atoms with E-state index in [4.69, 9.17) is 14.3 Å². The molecule has 6 rings (SSSR count). The first-order valence-electron chi connectivity index (χ1n) is 10.7. The van der Waals surface area contributed by atoms with Crippen LogP contribution in [0.25, 0.3) is 11.1 Å². The van der Waals surface area contributed by atoms with Crippen molar-refractivity contribution < 1.29 is 9.31 Å². The summed E-state index contributed by atoms with van der Waals surface area (Å²) in [6, 6.07) is 15.5. The largest absolute Gasteiger partial charge is 0.494 e. The number of anilines is 1. The van der Waals surface area contributed by atoms with Gasteiger partial charge in [0.1, 0.15) is 5.84 Å². The van der Waals surface area contributed by atoms with Crippen molar-refractivity contribution >= 4 is 24.1 Å². The van der Waals surface area contributed by atoms with E-state index in [9.17, 15) is 0 Å². The molecule has 4 aliphatic rings. The van der Waals surface area contributed by atoms with Gasteiger partial charge in [-0.3, -0.25) is 4.99 Å². The number of para-hydroxylation sites is 1. The topological polar surface area (TPSA) is 34.1 Å². The van der Waals surface area contributed by atoms with Crippen molar-refractivity contribution in [3.63, 3.8) is 0 Å². The minimum Gasteiger partial charge on any atom is -0.399 e. The van der Waals surface area contributed by atoms with Crippen LogP contribution in [-0.2, 0) is 9.31 Å². The predicted molar refractivity (Wildman–Crippen MR) is 122 cm³/mol. The summed E-state index contributed by atoms with van der Waals surface area (Å²) in [5, 5.41) is 0. The van der Waals surface area contributed by atoms with E-state index < -0.39 is 0 Å². The van der Waals surface area contributed by atoms with E-state index in [0.29, 0.717) is 0 Å². The number of aliphatic imine (C=N–C) groups is 1. The number of allylic oxidation sites excluding steroid dienone is 2. The molecule has 1 aliphatic carbocycles. The average molecular weight is 396 g/mol. The van der Waals surface area contributed by atoms with Gasteiger partial charge in [0.15, 0.2) is 0 Å². The van der Waals surface area contributed by atoms with Gasteiger partial charge >= 0.3 is 7.12 Å². The summed E-state index contributed by atoms with van der Waals surface area (Å²) < 4.78 is 12.6. The van der Waals surface area contributed by atoms with Crippen LogP contribution in [0.15, 0.2) is 71.8 Å². The lowest BCUT2D eigenvalue weighted by molar-refractivity contribution is 0.00578. The van der Waals surface area contributed by atoms with E-state index in [1.165, 1.54) is 16.8 Å². The Hall–Kier alpha value is -2.63. The van der Waals surface area contributed by atoms with Crippen molar-refractivity contribution in [3.05, 3.63) is 72.3 Å². The number of benzene rings is 2. The highest BCUT2D eigenvalue weighted by Crippen LogP contribution is 2.44. The fourth-order valence-electron chi connectivity index (χ4n) is 4.78. The predicted octanol–water partition coefficient (Wildman–Crippen LogP) is 4.10. The van der Waals surface area contributed by atoms with Gasteiger partial charge in [-0.2, -0.15) is 0 Å². The van der Waals surface area contributed by atoms with Crippen LogP contribution >= 0.6 is 0 Å². The van der Waals surface area contributed by atoms with Crippen LogP contribution in [0.1, 0.15) is 33.3 Å². The third-order valence-corrected chi connectivity index (χ3v) is 7.14. The van der Waals surface area contributed by atoms with E-state index in [1.807, 2.05) is 0 Å². The van der Waals surface area contributed by atoms with Crippen LogP contribution in [0, 0.1) is 0 Å². The Labute approximate surface area is 178 Å². The lowest BCUT2D eigenvalue weighted by Crippen LogP contribution is -2.42.